The lowest BCUT2D eigenvalue weighted by Crippen LogP contribution is -2.10. The van der Waals surface area contributed by atoms with Crippen molar-refractivity contribution >= 4 is 17.4 Å². The van der Waals surface area contributed by atoms with Crippen molar-refractivity contribution in [3.8, 4) is 0 Å². The molecule has 2 rings (SSSR count). The Morgan fingerprint density at radius 1 is 1.14 bits per heavy atom. The number of benzene rings is 1. The van der Waals surface area contributed by atoms with Crippen LogP contribution < -0.4 is 0 Å². The molecule has 5 heteroatoms. The molecule has 0 fully saturated rings. The second-order valence-corrected chi connectivity index (χ2v) is 6.84. The van der Waals surface area contributed by atoms with E-state index in [0.717, 1.165) is 10.8 Å². The molecule has 0 bridgehead atoms. The number of pyridine rings is 1. The van der Waals surface area contributed by atoms with Crippen LogP contribution in [0.2, 0.25) is 0 Å². The average Bonchev–Trinajstić information content (AvgIpc) is 2.45. The Balaban J connectivity index is 1.98. The molecular formula is C16H18N2O2S. The highest BCUT2D eigenvalue weighted by Crippen LogP contribution is 2.25. The molecule has 0 aliphatic heterocycles. The minimum atomic E-state index is -0.438. The van der Waals surface area contributed by atoms with E-state index in [2.05, 4.69) is 50.0 Å². The molecule has 0 aliphatic carbocycles. The third kappa shape index (κ3) is 4.29. The van der Waals surface area contributed by atoms with Crippen LogP contribution in [0.3, 0.4) is 0 Å². The molecule has 4 nitrogen and oxygen atoms in total. The van der Waals surface area contributed by atoms with Gasteiger partial charge in [0, 0.05) is 11.8 Å². The largest absolute Gasteiger partial charge is 0.287 e. The number of aromatic nitrogens is 1. The maximum absolute atomic E-state index is 10.6. The molecule has 0 saturated heterocycles. The Labute approximate surface area is 128 Å². The topological polar surface area (TPSA) is 56.0 Å². The number of nitrogens with zero attached hydrogens (tertiary/aromatic N) is 2. The SMILES string of the molecule is CC(C)(C)c1ccc(CSc2ccc([N+](=O)[O-])cn2)cc1. The summed E-state index contributed by atoms with van der Waals surface area (Å²) in [6.45, 7) is 6.58. The van der Waals surface area contributed by atoms with Crippen LogP contribution in [0, 0.1) is 10.1 Å². The van der Waals surface area contributed by atoms with E-state index < -0.39 is 4.92 Å². The van der Waals surface area contributed by atoms with Gasteiger partial charge >= 0.3 is 0 Å². The third-order valence-corrected chi connectivity index (χ3v) is 4.15. The Hall–Kier alpha value is -1.88. The summed E-state index contributed by atoms with van der Waals surface area (Å²) in [5.41, 5.74) is 2.71. The van der Waals surface area contributed by atoms with Crippen LogP contribution in [0.5, 0.6) is 0 Å². The third-order valence-electron chi connectivity index (χ3n) is 3.14. The van der Waals surface area contributed by atoms with E-state index in [4.69, 9.17) is 0 Å². The van der Waals surface area contributed by atoms with Gasteiger partial charge in [0.1, 0.15) is 6.20 Å². The first-order valence-electron chi connectivity index (χ1n) is 6.69. The van der Waals surface area contributed by atoms with Gasteiger partial charge in [0.25, 0.3) is 5.69 Å². The van der Waals surface area contributed by atoms with Crippen molar-refractivity contribution in [2.24, 2.45) is 0 Å². The summed E-state index contributed by atoms with van der Waals surface area (Å²) in [5, 5.41) is 11.4. The Kier molecular flexibility index (Phi) is 4.63. The predicted octanol–water partition coefficient (Wildman–Crippen LogP) is 4.58. The van der Waals surface area contributed by atoms with Crippen molar-refractivity contribution in [3.05, 3.63) is 63.8 Å². The van der Waals surface area contributed by atoms with Crippen molar-refractivity contribution in [1.82, 2.24) is 4.98 Å². The van der Waals surface area contributed by atoms with Crippen molar-refractivity contribution in [2.45, 2.75) is 37.0 Å². The van der Waals surface area contributed by atoms with E-state index in [0.29, 0.717) is 0 Å². The molecule has 0 atom stereocenters. The molecule has 2 aromatic rings. The zero-order valence-electron chi connectivity index (χ0n) is 12.4. The smallest absolute Gasteiger partial charge is 0.258 e. The fourth-order valence-electron chi connectivity index (χ4n) is 1.82. The lowest BCUT2D eigenvalue weighted by molar-refractivity contribution is -0.385. The van der Waals surface area contributed by atoms with E-state index in [-0.39, 0.29) is 11.1 Å². The lowest BCUT2D eigenvalue weighted by atomic mass is 9.87. The van der Waals surface area contributed by atoms with Crippen LogP contribution in [0.1, 0.15) is 31.9 Å². The normalized spacial score (nSPS) is 11.4. The molecule has 0 saturated carbocycles. The number of hydrogen-bond donors (Lipinski definition) is 0. The van der Waals surface area contributed by atoms with Gasteiger partial charge in [0.15, 0.2) is 0 Å². The first-order chi connectivity index (χ1) is 9.86. The Morgan fingerprint density at radius 2 is 1.81 bits per heavy atom. The molecule has 0 amide bonds. The van der Waals surface area contributed by atoms with E-state index >= 15 is 0 Å². The van der Waals surface area contributed by atoms with E-state index in [9.17, 15) is 10.1 Å². The van der Waals surface area contributed by atoms with Crippen molar-refractivity contribution < 1.29 is 4.92 Å². The molecule has 0 unspecified atom stereocenters. The highest BCUT2D eigenvalue weighted by Gasteiger charge is 2.12. The summed E-state index contributed by atoms with van der Waals surface area (Å²) in [6, 6.07) is 11.7. The number of rotatable bonds is 4. The van der Waals surface area contributed by atoms with Gasteiger partial charge in [-0.3, -0.25) is 10.1 Å². The summed E-state index contributed by atoms with van der Waals surface area (Å²) >= 11 is 1.57. The summed E-state index contributed by atoms with van der Waals surface area (Å²) in [5.74, 6) is 0.801. The van der Waals surface area contributed by atoms with Gasteiger partial charge in [-0.1, -0.05) is 45.0 Å². The van der Waals surface area contributed by atoms with Crippen LogP contribution in [0.15, 0.2) is 47.6 Å². The standard InChI is InChI=1S/C16H18N2O2S/c1-16(2,3)13-6-4-12(5-7-13)11-21-15-9-8-14(10-17-15)18(19)20/h4-10H,11H2,1-3H3. The molecule has 110 valence electrons. The molecule has 1 aromatic carbocycles. The van der Waals surface area contributed by atoms with Crippen molar-refractivity contribution in [2.75, 3.05) is 0 Å². The second kappa shape index (κ2) is 6.26. The van der Waals surface area contributed by atoms with E-state index in [1.165, 1.54) is 23.4 Å². The first-order valence-corrected chi connectivity index (χ1v) is 7.67. The first kappa shape index (κ1) is 15.5. The quantitative estimate of drug-likeness (QED) is 0.471. The maximum Gasteiger partial charge on any atom is 0.287 e. The van der Waals surface area contributed by atoms with Gasteiger partial charge in [-0.2, -0.15) is 0 Å². The van der Waals surface area contributed by atoms with Gasteiger partial charge in [-0.25, -0.2) is 4.98 Å². The number of nitro groups is 1. The minimum absolute atomic E-state index is 0.0221. The van der Waals surface area contributed by atoms with E-state index in [1.54, 1.807) is 17.8 Å². The van der Waals surface area contributed by atoms with Crippen LogP contribution in [0.4, 0.5) is 5.69 Å². The highest BCUT2D eigenvalue weighted by atomic mass is 32.2. The predicted molar refractivity (Wildman–Crippen MR) is 85.6 cm³/mol. The number of thioether (sulfide) groups is 1. The average molecular weight is 302 g/mol. The number of hydrogen-bond acceptors (Lipinski definition) is 4. The molecule has 1 aromatic heterocycles. The molecule has 0 spiro atoms. The summed E-state index contributed by atoms with van der Waals surface area (Å²) in [7, 11) is 0. The molecule has 0 radical (unpaired) electrons. The summed E-state index contributed by atoms with van der Waals surface area (Å²) in [6.07, 6.45) is 1.30. The van der Waals surface area contributed by atoms with Gasteiger partial charge in [0.05, 0.1) is 9.95 Å². The molecule has 1 heterocycles. The lowest BCUT2D eigenvalue weighted by Gasteiger charge is -2.19. The summed E-state index contributed by atoms with van der Waals surface area (Å²) < 4.78 is 0. The zero-order valence-corrected chi connectivity index (χ0v) is 13.2. The highest BCUT2D eigenvalue weighted by molar-refractivity contribution is 7.98. The van der Waals surface area contributed by atoms with Crippen LogP contribution in [-0.4, -0.2) is 9.91 Å². The van der Waals surface area contributed by atoms with Crippen LogP contribution in [-0.2, 0) is 11.2 Å². The zero-order chi connectivity index (χ0) is 15.5. The fourth-order valence-corrected chi connectivity index (χ4v) is 2.62. The minimum Gasteiger partial charge on any atom is -0.258 e. The molecule has 0 N–H and O–H groups in total. The van der Waals surface area contributed by atoms with Gasteiger partial charge in [0.2, 0.25) is 0 Å². The molecular weight excluding hydrogens is 284 g/mol. The van der Waals surface area contributed by atoms with Crippen LogP contribution >= 0.6 is 11.8 Å². The van der Waals surface area contributed by atoms with Gasteiger partial charge < -0.3 is 0 Å². The van der Waals surface area contributed by atoms with Gasteiger partial charge in [-0.15, -0.1) is 11.8 Å². The summed E-state index contributed by atoms with van der Waals surface area (Å²) in [4.78, 5) is 14.2. The molecule has 21 heavy (non-hydrogen) atoms. The second-order valence-electron chi connectivity index (χ2n) is 5.85. The van der Waals surface area contributed by atoms with Crippen molar-refractivity contribution in [1.29, 1.82) is 0 Å². The monoisotopic (exact) mass is 302 g/mol. The van der Waals surface area contributed by atoms with Crippen molar-refractivity contribution in [3.63, 3.8) is 0 Å². The van der Waals surface area contributed by atoms with Crippen LogP contribution in [0.25, 0.3) is 0 Å². The fraction of sp³-hybridized carbons (Fsp3) is 0.312. The Morgan fingerprint density at radius 3 is 2.29 bits per heavy atom. The molecule has 0 aliphatic rings. The Bertz CT molecular complexity index is 616. The van der Waals surface area contributed by atoms with E-state index in [1.807, 2.05) is 0 Å². The van der Waals surface area contributed by atoms with Gasteiger partial charge in [-0.05, 0) is 22.6 Å². The maximum atomic E-state index is 10.6.